The van der Waals surface area contributed by atoms with Gasteiger partial charge in [0.25, 0.3) is 5.91 Å². The predicted molar refractivity (Wildman–Crippen MR) is 96.5 cm³/mol. The summed E-state index contributed by atoms with van der Waals surface area (Å²) in [6.07, 6.45) is 0. The second-order valence-corrected chi connectivity index (χ2v) is 7.49. The first-order valence-electron chi connectivity index (χ1n) is 8.39. The number of anilines is 1. The molecular weight excluding hydrogens is 320 g/mol. The molecule has 0 radical (unpaired) electrons. The lowest BCUT2D eigenvalue weighted by Gasteiger charge is -2.29. The van der Waals surface area contributed by atoms with Gasteiger partial charge in [-0.15, -0.1) is 11.3 Å². The predicted octanol–water partition coefficient (Wildman–Crippen LogP) is 2.53. The van der Waals surface area contributed by atoms with Crippen LogP contribution in [0.4, 0.5) is 5.13 Å². The molecular formula is C18H22N4OS. The van der Waals surface area contributed by atoms with Gasteiger partial charge in [-0.05, 0) is 24.0 Å². The number of carbonyl (C=O) groups is 1. The molecule has 3 heterocycles. The van der Waals surface area contributed by atoms with Crippen molar-refractivity contribution in [3.63, 3.8) is 0 Å². The molecule has 0 saturated carbocycles. The third kappa shape index (κ3) is 2.50. The Morgan fingerprint density at radius 3 is 2.96 bits per heavy atom. The van der Waals surface area contributed by atoms with Crippen LogP contribution in [0.3, 0.4) is 0 Å². The van der Waals surface area contributed by atoms with Crippen molar-refractivity contribution in [2.24, 2.45) is 11.8 Å². The summed E-state index contributed by atoms with van der Waals surface area (Å²) in [4.78, 5) is 19.6. The zero-order valence-corrected chi connectivity index (χ0v) is 14.8. The highest BCUT2D eigenvalue weighted by atomic mass is 32.1. The van der Waals surface area contributed by atoms with E-state index in [0.29, 0.717) is 17.5 Å². The van der Waals surface area contributed by atoms with Crippen LogP contribution < -0.4 is 10.6 Å². The lowest BCUT2D eigenvalue weighted by Crippen LogP contribution is -2.35. The van der Waals surface area contributed by atoms with E-state index in [4.69, 9.17) is 0 Å². The van der Waals surface area contributed by atoms with Crippen molar-refractivity contribution < 1.29 is 4.79 Å². The van der Waals surface area contributed by atoms with Gasteiger partial charge in [0.2, 0.25) is 0 Å². The molecule has 3 atom stereocenters. The lowest BCUT2D eigenvalue weighted by atomic mass is 9.87. The molecule has 0 bridgehead atoms. The number of benzene rings is 1. The van der Waals surface area contributed by atoms with Gasteiger partial charge in [-0.2, -0.15) is 0 Å². The Morgan fingerprint density at radius 1 is 1.38 bits per heavy atom. The van der Waals surface area contributed by atoms with Gasteiger partial charge in [0.15, 0.2) is 5.13 Å². The van der Waals surface area contributed by atoms with Crippen molar-refractivity contribution in [2.75, 3.05) is 32.0 Å². The summed E-state index contributed by atoms with van der Waals surface area (Å²) in [6.45, 7) is 4.92. The van der Waals surface area contributed by atoms with E-state index in [0.717, 1.165) is 24.8 Å². The Labute approximate surface area is 146 Å². The largest absolute Gasteiger partial charge is 0.365 e. The fourth-order valence-corrected chi connectivity index (χ4v) is 4.73. The van der Waals surface area contributed by atoms with E-state index < -0.39 is 0 Å². The normalized spacial score (nSPS) is 25.8. The average molecular weight is 342 g/mol. The molecule has 2 aromatic rings. The quantitative estimate of drug-likeness (QED) is 0.900. The van der Waals surface area contributed by atoms with Crippen molar-refractivity contribution in [3.05, 3.63) is 46.5 Å². The molecule has 1 amide bonds. The van der Waals surface area contributed by atoms with Crippen LogP contribution in [0.25, 0.3) is 0 Å². The minimum atomic E-state index is 0.0513. The fourth-order valence-electron chi connectivity index (χ4n) is 4.08. The average Bonchev–Trinajstić information content (AvgIpc) is 3.30. The Balaban J connectivity index is 1.70. The Kier molecular flexibility index (Phi) is 4.02. The lowest BCUT2D eigenvalue weighted by molar-refractivity contribution is 0.0708. The SMILES string of the molecule is CNc1nc(C(=O)N2C[C@@H]3CNC[C@@H]3[C@@H]2c2ccccc2C)cs1. The highest BCUT2D eigenvalue weighted by Gasteiger charge is 2.47. The number of nitrogens with zero attached hydrogens (tertiary/aromatic N) is 2. The first kappa shape index (κ1) is 15.6. The number of hydrogen-bond acceptors (Lipinski definition) is 5. The minimum absolute atomic E-state index is 0.0513. The van der Waals surface area contributed by atoms with Crippen LogP contribution in [0.2, 0.25) is 0 Å². The number of aromatic nitrogens is 1. The van der Waals surface area contributed by atoms with Crippen LogP contribution in [0.15, 0.2) is 29.6 Å². The van der Waals surface area contributed by atoms with Crippen molar-refractivity contribution >= 4 is 22.4 Å². The fraction of sp³-hybridized carbons (Fsp3) is 0.444. The maximum Gasteiger partial charge on any atom is 0.273 e. The van der Waals surface area contributed by atoms with Gasteiger partial charge >= 0.3 is 0 Å². The molecule has 2 saturated heterocycles. The van der Waals surface area contributed by atoms with Gasteiger partial charge in [0.1, 0.15) is 5.69 Å². The molecule has 4 rings (SSSR count). The van der Waals surface area contributed by atoms with Crippen LogP contribution in [-0.2, 0) is 0 Å². The van der Waals surface area contributed by atoms with E-state index in [1.165, 1.54) is 22.5 Å². The van der Waals surface area contributed by atoms with Crippen molar-refractivity contribution in [1.29, 1.82) is 0 Å². The molecule has 2 aliphatic heterocycles. The van der Waals surface area contributed by atoms with Crippen LogP contribution in [0.1, 0.15) is 27.7 Å². The summed E-state index contributed by atoms with van der Waals surface area (Å²) < 4.78 is 0. The number of fused-ring (bicyclic) bond motifs is 1. The molecule has 24 heavy (non-hydrogen) atoms. The standard InChI is InChI=1S/C18H22N4OS/c1-11-5-3-4-6-13(11)16-14-8-20-7-12(14)9-22(16)17(23)15-10-24-18(19-2)21-15/h3-6,10,12,14,16,20H,7-9H2,1-2H3,(H,19,21)/t12-,14-,16-/m0/s1. The molecule has 1 aromatic carbocycles. The highest BCUT2D eigenvalue weighted by molar-refractivity contribution is 7.13. The maximum absolute atomic E-state index is 13.1. The number of rotatable bonds is 3. The summed E-state index contributed by atoms with van der Waals surface area (Å²) >= 11 is 1.48. The van der Waals surface area contributed by atoms with E-state index in [1.807, 2.05) is 17.3 Å². The third-order valence-corrected chi connectivity index (χ3v) is 6.13. The Hall–Kier alpha value is -1.92. The number of nitrogens with one attached hydrogen (secondary N) is 2. The number of thiazole rings is 1. The first-order chi connectivity index (χ1) is 11.7. The number of aryl methyl sites for hydroxylation is 1. The van der Waals surface area contributed by atoms with Crippen molar-refractivity contribution in [3.8, 4) is 0 Å². The minimum Gasteiger partial charge on any atom is -0.365 e. The second kappa shape index (κ2) is 6.18. The summed E-state index contributed by atoms with van der Waals surface area (Å²) in [5.41, 5.74) is 3.07. The van der Waals surface area contributed by atoms with E-state index in [1.54, 1.807) is 0 Å². The molecule has 2 N–H and O–H groups in total. The van der Waals surface area contributed by atoms with Gasteiger partial charge in [0, 0.05) is 38.0 Å². The topological polar surface area (TPSA) is 57.3 Å². The van der Waals surface area contributed by atoms with Gasteiger partial charge < -0.3 is 15.5 Å². The third-order valence-electron chi connectivity index (χ3n) is 5.27. The molecule has 0 unspecified atom stereocenters. The van der Waals surface area contributed by atoms with Crippen LogP contribution in [0, 0.1) is 18.8 Å². The molecule has 0 spiro atoms. The maximum atomic E-state index is 13.1. The molecule has 5 nitrogen and oxygen atoms in total. The molecule has 126 valence electrons. The molecule has 2 fully saturated rings. The summed E-state index contributed by atoms with van der Waals surface area (Å²) in [5, 5.41) is 9.15. The van der Waals surface area contributed by atoms with E-state index in [9.17, 15) is 4.79 Å². The Bertz CT molecular complexity index is 759. The van der Waals surface area contributed by atoms with Crippen LogP contribution in [0.5, 0.6) is 0 Å². The molecule has 1 aromatic heterocycles. The van der Waals surface area contributed by atoms with E-state index in [2.05, 4.69) is 46.8 Å². The van der Waals surface area contributed by atoms with Gasteiger partial charge in [-0.25, -0.2) is 4.98 Å². The smallest absolute Gasteiger partial charge is 0.273 e. The number of amides is 1. The van der Waals surface area contributed by atoms with Gasteiger partial charge in [-0.1, -0.05) is 24.3 Å². The zero-order chi connectivity index (χ0) is 16.7. The number of hydrogen-bond donors (Lipinski definition) is 2. The monoisotopic (exact) mass is 342 g/mol. The number of carbonyl (C=O) groups excluding carboxylic acids is 1. The van der Waals surface area contributed by atoms with Crippen molar-refractivity contribution in [1.82, 2.24) is 15.2 Å². The van der Waals surface area contributed by atoms with Crippen LogP contribution in [-0.4, -0.2) is 42.5 Å². The van der Waals surface area contributed by atoms with Gasteiger partial charge in [0.05, 0.1) is 6.04 Å². The van der Waals surface area contributed by atoms with E-state index in [-0.39, 0.29) is 11.9 Å². The molecule has 0 aliphatic carbocycles. The van der Waals surface area contributed by atoms with Crippen molar-refractivity contribution in [2.45, 2.75) is 13.0 Å². The zero-order valence-electron chi connectivity index (χ0n) is 14.0. The molecule has 2 aliphatic rings. The summed E-state index contributed by atoms with van der Waals surface area (Å²) in [7, 11) is 1.83. The Morgan fingerprint density at radius 2 is 2.21 bits per heavy atom. The number of likely N-dealkylation sites (tertiary alicyclic amines) is 1. The van der Waals surface area contributed by atoms with Gasteiger partial charge in [-0.3, -0.25) is 4.79 Å². The van der Waals surface area contributed by atoms with Crippen LogP contribution >= 0.6 is 11.3 Å². The summed E-state index contributed by atoms with van der Waals surface area (Å²) in [5.74, 6) is 1.06. The molecule has 6 heteroatoms. The second-order valence-electron chi connectivity index (χ2n) is 6.63. The first-order valence-corrected chi connectivity index (χ1v) is 9.27. The highest BCUT2D eigenvalue weighted by Crippen LogP contribution is 2.44. The summed E-state index contributed by atoms with van der Waals surface area (Å²) in [6, 6.07) is 8.57. The van der Waals surface area contributed by atoms with E-state index >= 15 is 0 Å².